The van der Waals surface area contributed by atoms with Gasteiger partial charge in [0.05, 0.1) is 14.2 Å². The average molecular weight is 310 g/mol. The fourth-order valence-electron chi connectivity index (χ4n) is 3.86. The minimum atomic E-state index is 0.599. The number of ether oxygens (including phenoxy) is 2. The van der Waals surface area contributed by atoms with Gasteiger partial charge in [-0.25, -0.2) is 0 Å². The summed E-state index contributed by atoms with van der Waals surface area (Å²) in [7, 11) is 3.47. The molecule has 3 rings (SSSR count). The third-order valence-corrected chi connectivity index (χ3v) is 5.11. The molecule has 0 spiro atoms. The molecule has 23 heavy (non-hydrogen) atoms. The van der Waals surface area contributed by atoms with Gasteiger partial charge < -0.3 is 9.47 Å². The van der Waals surface area contributed by atoms with Crippen molar-refractivity contribution in [1.29, 1.82) is 0 Å². The molecule has 1 aliphatic rings. The van der Waals surface area contributed by atoms with E-state index in [9.17, 15) is 0 Å². The maximum Gasteiger partial charge on any atom is 0.119 e. The molecule has 2 aromatic carbocycles. The maximum atomic E-state index is 5.40. The zero-order chi connectivity index (χ0) is 16.2. The molecule has 2 heteroatoms. The van der Waals surface area contributed by atoms with E-state index in [-0.39, 0.29) is 0 Å². The molecule has 2 aromatic rings. The number of rotatable bonds is 5. The van der Waals surface area contributed by atoms with Crippen molar-refractivity contribution < 1.29 is 9.47 Å². The van der Waals surface area contributed by atoms with Crippen molar-refractivity contribution in [2.24, 2.45) is 5.92 Å². The van der Waals surface area contributed by atoms with E-state index in [2.05, 4.69) is 49.4 Å². The molecule has 0 heterocycles. The summed E-state index contributed by atoms with van der Waals surface area (Å²) in [5.41, 5.74) is 4.37. The Labute approximate surface area is 139 Å². The second kappa shape index (κ2) is 7.08. The molecule has 2 atom stereocenters. The van der Waals surface area contributed by atoms with Crippen LogP contribution < -0.4 is 9.47 Å². The number of fused-ring (bicyclic) bond motifs is 1. The zero-order valence-corrected chi connectivity index (χ0v) is 14.3. The van der Waals surface area contributed by atoms with Crippen molar-refractivity contribution in [3.63, 3.8) is 0 Å². The van der Waals surface area contributed by atoms with E-state index in [4.69, 9.17) is 9.47 Å². The molecule has 122 valence electrons. The van der Waals surface area contributed by atoms with E-state index in [0.717, 1.165) is 24.3 Å². The van der Waals surface area contributed by atoms with Gasteiger partial charge in [-0.1, -0.05) is 31.5 Å². The van der Waals surface area contributed by atoms with E-state index >= 15 is 0 Å². The van der Waals surface area contributed by atoms with Crippen LogP contribution in [-0.2, 0) is 12.8 Å². The van der Waals surface area contributed by atoms with Crippen molar-refractivity contribution >= 4 is 0 Å². The molecule has 0 fully saturated rings. The summed E-state index contributed by atoms with van der Waals surface area (Å²) >= 11 is 0. The quantitative estimate of drug-likeness (QED) is 0.773. The molecule has 2 unspecified atom stereocenters. The molecule has 0 aliphatic heterocycles. The van der Waals surface area contributed by atoms with Crippen LogP contribution in [0.2, 0.25) is 0 Å². The van der Waals surface area contributed by atoms with E-state index in [1.165, 1.54) is 29.5 Å². The minimum Gasteiger partial charge on any atom is -0.497 e. The molecule has 0 saturated heterocycles. The molecule has 1 aliphatic carbocycles. The first kappa shape index (κ1) is 15.9. The SMILES string of the molecule is CCCC1Cc2cc(OC)ccc2CC1c1ccc(OC)cc1. The fourth-order valence-corrected chi connectivity index (χ4v) is 3.86. The van der Waals surface area contributed by atoms with Gasteiger partial charge in [0.25, 0.3) is 0 Å². The molecule has 0 saturated carbocycles. The van der Waals surface area contributed by atoms with E-state index in [1.807, 2.05) is 0 Å². The number of hydrogen-bond donors (Lipinski definition) is 0. The summed E-state index contributed by atoms with van der Waals surface area (Å²) in [6.07, 6.45) is 4.78. The summed E-state index contributed by atoms with van der Waals surface area (Å²) < 4.78 is 10.7. The van der Waals surface area contributed by atoms with Gasteiger partial charge in [-0.05, 0) is 72.1 Å². The summed E-state index contributed by atoms with van der Waals surface area (Å²) in [6.45, 7) is 2.28. The van der Waals surface area contributed by atoms with Crippen molar-refractivity contribution in [2.45, 2.75) is 38.5 Å². The lowest BCUT2D eigenvalue weighted by molar-refractivity contribution is 0.362. The molecule has 0 amide bonds. The van der Waals surface area contributed by atoms with Gasteiger partial charge in [0.15, 0.2) is 0 Å². The normalized spacial score (nSPS) is 20.0. The summed E-state index contributed by atoms with van der Waals surface area (Å²) in [5, 5.41) is 0. The van der Waals surface area contributed by atoms with Crippen molar-refractivity contribution in [3.8, 4) is 11.5 Å². The summed E-state index contributed by atoms with van der Waals surface area (Å²) in [6, 6.07) is 15.2. The smallest absolute Gasteiger partial charge is 0.119 e. The molecule has 0 bridgehead atoms. The van der Waals surface area contributed by atoms with Crippen LogP contribution in [0.25, 0.3) is 0 Å². The van der Waals surface area contributed by atoms with Crippen LogP contribution in [0.1, 0.15) is 42.4 Å². The Bertz CT molecular complexity index is 645. The predicted octanol–water partition coefficient (Wildman–Crippen LogP) is 5.00. The third kappa shape index (κ3) is 3.36. The Kier molecular flexibility index (Phi) is 4.90. The number of hydrogen-bond acceptors (Lipinski definition) is 2. The van der Waals surface area contributed by atoms with Crippen LogP contribution in [0.15, 0.2) is 42.5 Å². The second-order valence-electron chi connectivity index (χ2n) is 6.47. The molecule has 0 aromatic heterocycles. The van der Waals surface area contributed by atoms with Gasteiger partial charge in [0.2, 0.25) is 0 Å². The van der Waals surface area contributed by atoms with E-state index < -0.39 is 0 Å². The first-order valence-electron chi connectivity index (χ1n) is 8.55. The van der Waals surface area contributed by atoms with Crippen LogP contribution in [0.4, 0.5) is 0 Å². The van der Waals surface area contributed by atoms with Crippen molar-refractivity contribution in [3.05, 3.63) is 59.2 Å². The highest BCUT2D eigenvalue weighted by atomic mass is 16.5. The second-order valence-corrected chi connectivity index (χ2v) is 6.47. The van der Waals surface area contributed by atoms with E-state index in [0.29, 0.717) is 11.8 Å². The molecule has 0 N–H and O–H groups in total. The van der Waals surface area contributed by atoms with Gasteiger partial charge in [-0.2, -0.15) is 0 Å². The highest BCUT2D eigenvalue weighted by Gasteiger charge is 2.29. The topological polar surface area (TPSA) is 18.5 Å². The molecule has 0 radical (unpaired) electrons. The average Bonchev–Trinajstić information content (AvgIpc) is 2.61. The molecule has 2 nitrogen and oxygen atoms in total. The highest BCUT2D eigenvalue weighted by Crippen LogP contribution is 2.40. The van der Waals surface area contributed by atoms with Gasteiger partial charge in [0, 0.05) is 0 Å². The summed E-state index contributed by atoms with van der Waals surface area (Å²) in [4.78, 5) is 0. The van der Waals surface area contributed by atoms with Gasteiger partial charge >= 0.3 is 0 Å². The standard InChI is InChI=1S/C21H26O2/c1-4-5-17-12-18-13-20(23-3)11-8-16(18)14-21(17)15-6-9-19(22-2)10-7-15/h6-11,13,17,21H,4-5,12,14H2,1-3H3. The van der Waals surface area contributed by atoms with Crippen LogP contribution in [0, 0.1) is 5.92 Å². The van der Waals surface area contributed by atoms with Crippen molar-refractivity contribution in [2.75, 3.05) is 14.2 Å². The Morgan fingerprint density at radius 3 is 2.22 bits per heavy atom. The number of methoxy groups -OCH3 is 2. The van der Waals surface area contributed by atoms with Gasteiger partial charge in [0.1, 0.15) is 11.5 Å². The van der Waals surface area contributed by atoms with E-state index in [1.54, 1.807) is 14.2 Å². The monoisotopic (exact) mass is 310 g/mol. The van der Waals surface area contributed by atoms with Gasteiger partial charge in [-0.15, -0.1) is 0 Å². The third-order valence-electron chi connectivity index (χ3n) is 5.11. The Balaban J connectivity index is 1.91. The lowest BCUT2D eigenvalue weighted by Gasteiger charge is -2.34. The largest absolute Gasteiger partial charge is 0.497 e. The maximum absolute atomic E-state index is 5.40. The Hall–Kier alpha value is -1.96. The van der Waals surface area contributed by atoms with Crippen LogP contribution >= 0.6 is 0 Å². The Morgan fingerprint density at radius 2 is 1.57 bits per heavy atom. The first-order chi connectivity index (χ1) is 11.2. The highest BCUT2D eigenvalue weighted by molar-refractivity contribution is 5.41. The molecular weight excluding hydrogens is 284 g/mol. The summed E-state index contributed by atoms with van der Waals surface area (Å²) in [5.74, 6) is 3.21. The zero-order valence-electron chi connectivity index (χ0n) is 14.3. The molecular formula is C21H26O2. The van der Waals surface area contributed by atoms with Crippen molar-refractivity contribution in [1.82, 2.24) is 0 Å². The van der Waals surface area contributed by atoms with Crippen LogP contribution in [0.3, 0.4) is 0 Å². The minimum absolute atomic E-state index is 0.599. The van der Waals surface area contributed by atoms with Crippen LogP contribution in [0.5, 0.6) is 11.5 Å². The number of benzene rings is 2. The predicted molar refractivity (Wildman–Crippen MR) is 94.5 cm³/mol. The first-order valence-corrected chi connectivity index (χ1v) is 8.55. The van der Waals surface area contributed by atoms with Gasteiger partial charge in [-0.3, -0.25) is 0 Å². The Morgan fingerprint density at radius 1 is 0.870 bits per heavy atom. The lowest BCUT2D eigenvalue weighted by Crippen LogP contribution is -2.24. The lowest BCUT2D eigenvalue weighted by atomic mass is 9.71. The van der Waals surface area contributed by atoms with Crippen LogP contribution in [-0.4, -0.2) is 14.2 Å². The fraction of sp³-hybridized carbons (Fsp3) is 0.429.